The van der Waals surface area contributed by atoms with Gasteiger partial charge < -0.3 is 15.3 Å². The molecule has 0 aliphatic heterocycles. The van der Waals surface area contributed by atoms with Crippen LogP contribution in [-0.4, -0.2) is 40.8 Å². The fraction of sp³-hybridized carbons (Fsp3) is 0.607. The van der Waals surface area contributed by atoms with Crippen LogP contribution in [0.5, 0.6) is 5.75 Å². The summed E-state index contributed by atoms with van der Waals surface area (Å²) in [5.41, 5.74) is 3.37. The Kier molecular flexibility index (Phi) is 6.51. The molecule has 5 unspecified atom stereocenters. The highest BCUT2D eigenvalue weighted by Gasteiger charge is 2.58. The molecule has 2 N–H and O–H groups in total. The van der Waals surface area contributed by atoms with E-state index in [0.29, 0.717) is 53.8 Å². The number of aromatic nitrogens is 1. The number of carbonyl (C=O) groups excluding carboxylic acids is 2. The molecule has 188 valence electrons. The minimum absolute atomic E-state index is 0.00875. The fourth-order valence-electron chi connectivity index (χ4n) is 7.36. The summed E-state index contributed by atoms with van der Waals surface area (Å²) in [7, 11) is 4.04. The average molecular weight is 496 g/mol. The molecule has 0 radical (unpaired) electrons. The van der Waals surface area contributed by atoms with Crippen LogP contribution < -0.4 is 5.32 Å². The molecule has 1 aromatic carbocycles. The zero-order valence-corrected chi connectivity index (χ0v) is 22.1. The predicted octanol–water partition coefficient (Wildman–Crippen LogP) is 5.29. The number of ketones is 1. The van der Waals surface area contributed by atoms with Gasteiger partial charge in [0.15, 0.2) is 5.13 Å². The number of carbonyl (C=O) groups is 2. The van der Waals surface area contributed by atoms with Gasteiger partial charge in [0.2, 0.25) is 5.91 Å². The lowest BCUT2D eigenvalue weighted by atomic mass is 9.54. The van der Waals surface area contributed by atoms with Crippen LogP contribution in [0, 0.1) is 30.1 Å². The molecule has 6 nitrogen and oxygen atoms in total. The van der Waals surface area contributed by atoms with E-state index in [0.717, 1.165) is 42.5 Å². The molecule has 2 fully saturated rings. The number of aromatic hydroxyl groups is 1. The van der Waals surface area contributed by atoms with Gasteiger partial charge in [-0.05, 0) is 94.0 Å². The number of amides is 1. The van der Waals surface area contributed by atoms with Crippen LogP contribution >= 0.6 is 11.3 Å². The summed E-state index contributed by atoms with van der Waals surface area (Å²) in [6, 6.07) is 4.22. The quantitative estimate of drug-likeness (QED) is 0.569. The van der Waals surface area contributed by atoms with Crippen molar-refractivity contribution in [1.82, 2.24) is 9.88 Å². The lowest BCUT2D eigenvalue weighted by Crippen LogP contribution is -2.44. The molecule has 1 amide bonds. The van der Waals surface area contributed by atoms with Gasteiger partial charge in [0, 0.05) is 41.4 Å². The van der Waals surface area contributed by atoms with Crippen LogP contribution in [0.1, 0.15) is 72.9 Å². The first-order valence-corrected chi connectivity index (χ1v) is 13.7. The van der Waals surface area contributed by atoms with Crippen LogP contribution in [0.25, 0.3) is 0 Å². The van der Waals surface area contributed by atoms with Crippen molar-refractivity contribution in [3.05, 3.63) is 39.9 Å². The number of hydrogen-bond acceptors (Lipinski definition) is 6. The second-order valence-electron chi connectivity index (χ2n) is 11.5. The highest BCUT2D eigenvalue weighted by Crippen LogP contribution is 2.62. The first-order chi connectivity index (χ1) is 16.7. The molecule has 0 bridgehead atoms. The smallest absolute Gasteiger partial charge is 0.226 e. The van der Waals surface area contributed by atoms with Gasteiger partial charge in [-0.3, -0.25) is 9.59 Å². The molecule has 7 heteroatoms. The van der Waals surface area contributed by atoms with Gasteiger partial charge in [0.05, 0.1) is 0 Å². The maximum absolute atomic E-state index is 13.3. The fourth-order valence-corrected chi connectivity index (χ4v) is 8.04. The molecule has 1 aromatic heterocycles. The van der Waals surface area contributed by atoms with E-state index < -0.39 is 0 Å². The Labute approximate surface area is 212 Å². The number of aryl methyl sites for hydroxylation is 2. The van der Waals surface area contributed by atoms with Crippen molar-refractivity contribution in [2.75, 3.05) is 19.4 Å². The second kappa shape index (κ2) is 9.32. The molecule has 2 aromatic rings. The lowest BCUT2D eigenvalue weighted by molar-refractivity contribution is -0.129. The average Bonchev–Trinajstić information content (AvgIpc) is 3.32. The van der Waals surface area contributed by atoms with E-state index in [2.05, 4.69) is 28.2 Å². The number of fused-ring (bicyclic) bond motifs is 5. The number of benzene rings is 1. The largest absolute Gasteiger partial charge is 0.508 e. The molecular weight excluding hydrogens is 458 g/mol. The number of phenols is 1. The van der Waals surface area contributed by atoms with Gasteiger partial charge >= 0.3 is 0 Å². The van der Waals surface area contributed by atoms with Crippen molar-refractivity contribution in [3.63, 3.8) is 0 Å². The Morgan fingerprint density at radius 2 is 2.11 bits per heavy atom. The van der Waals surface area contributed by atoms with Gasteiger partial charge in [0.25, 0.3) is 0 Å². The summed E-state index contributed by atoms with van der Waals surface area (Å²) in [6.07, 6.45) is 7.50. The molecule has 5 atom stereocenters. The van der Waals surface area contributed by atoms with E-state index in [1.807, 2.05) is 27.1 Å². The molecular formula is C28H37N3O3S. The standard InChI is InChI=1S/C28H37N3O3S/c1-16-14-29-27(35-16)30-25(34)8-6-18-13-24(33)28(2)10-9-20-21(26(18)28)7-5-17-12-23(32)19(11-22(17)20)15-31(3)4/h11-12,14,18,20-21,26,32H,5-10,13,15H2,1-4H3,(H,29,30,34). The third-order valence-corrected chi connectivity index (χ3v) is 9.69. The maximum Gasteiger partial charge on any atom is 0.226 e. The van der Waals surface area contributed by atoms with Gasteiger partial charge in [-0.1, -0.05) is 13.0 Å². The van der Waals surface area contributed by atoms with Gasteiger partial charge in [-0.2, -0.15) is 0 Å². The third-order valence-electron chi connectivity index (χ3n) is 8.86. The molecule has 35 heavy (non-hydrogen) atoms. The van der Waals surface area contributed by atoms with E-state index in [1.54, 1.807) is 6.20 Å². The van der Waals surface area contributed by atoms with Gasteiger partial charge in [0.1, 0.15) is 11.5 Å². The molecule has 0 saturated heterocycles. The highest BCUT2D eigenvalue weighted by molar-refractivity contribution is 7.15. The number of nitrogens with one attached hydrogen (secondary N) is 1. The monoisotopic (exact) mass is 495 g/mol. The number of Topliss-reactive ketones (excluding diaryl/α,β-unsaturated/α-hetero) is 1. The number of hydrogen-bond donors (Lipinski definition) is 2. The molecule has 2 saturated carbocycles. The van der Waals surface area contributed by atoms with E-state index >= 15 is 0 Å². The van der Waals surface area contributed by atoms with Crippen molar-refractivity contribution in [2.45, 2.75) is 71.3 Å². The van der Waals surface area contributed by atoms with E-state index in [1.165, 1.54) is 22.5 Å². The van der Waals surface area contributed by atoms with Gasteiger partial charge in [-0.25, -0.2) is 4.98 Å². The van der Waals surface area contributed by atoms with E-state index in [9.17, 15) is 14.7 Å². The first kappa shape index (κ1) is 24.4. The highest BCUT2D eigenvalue weighted by atomic mass is 32.1. The summed E-state index contributed by atoms with van der Waals surface area (Å²) < 4.78 is 0. The van der Waals surface area contributed by atoms with Gasteiger partial charge in [-0.15, -0.1) is 11.3 Å². The van der Waals surface area contributed by atoms with Crippen LogP contribution in [0.2, 0.25) is 0 Å². The van der Waals surface area contributed by atoms with Crippen molar-refractivity contribution in [1.29, 1.82) is 0 Å². The van der Waals surface area contributed by atoms with Crippen LogP contribution in [-0.2, 0) is 22.6 Å². The zero-order valence-electron chi connectivity index (χ0n) is 21.3. The Balaban J connectivity index is 1.36. The van der Waals surface area contributed by atoms with Crippen molar-refractivity contribution in [3.8, 4) is 5.75 Å². The Morgan fingerprint density at radius 3 is 2.83 bits per heavy atom. The van der Waals surface area contributed by atoms with E-state index in [4.69, 9.17) is 0 Å². The molecule has 0 spiro atoms. The summed E-state index contributed by atoms with van der Waals surface area (Å²) in [6.45, 7) is 4.88. The lowest BCUT2D eigenvalue weighted by Gasteiger charge is -2.50. The van der Waals surface area contributed by atoms with Crippen molar-refractivity contribution >= 4 is 28.2 Å². The Hall–Kier alpha value is -2.25. The summed E-state index contributed by atoms with van der Waals surface area (Å²) in [5.74, 6) is 2.24. The zero-order chi connectivity index (χ0) is 24.9. The Morgan fingerprint density at radius 1 is 1.31 bits per heavy atom. The van der Waals surface area contributed by atoms with Crippen LogP contribution in [0.4, 0.5) is 5.13 Å². The van der Waals surface area contributed by atoms with Crippen LogP contribution in [0.3, 0.4) is 0 Å². The minimum Gasteiger partial charge on any atom is -0.508 e. The first-order valence-electron chi connectivity index (χ1n) is 12.9. The Bertz CT molecular complexity index is 1140. The summed E-state index contributed by atoms with van der Waals surface area (Å²) >= 11 is 1.49. The number of thiazole rings is 1. The topological polar surface area (TPSA) is 82.5 Å². The molecule has 3 aliphatic rings. The maximum atomic E-state index is 13.3. The second-order valence-corrected chi connectivity index (χ2v) is 12.7. The number of phenolic OH excluding ortho intramolecular Hbond substituents is 1. The normalized spacial score (nSPS) is 29.6. The molecule has 5 rings (SSSR count). The number of anilines is 1. The van der Waals surface area contributed by atoms with E-state index in [-0.39, 0.29) is 17.2 Å². The predicted molar refractivity (Wildman–Crippen MR) is 139 cm³/mol. The van der Waals surface area contributed by atoms with Crippen molar-refractivity contribution in [2.24, 2.45) is 23.2 Å². The third kappa shape index (κ3) is 4.53. The number of nitrogens with zero attached hydrogens (tertiary/aromatic N) is 2. The minimum atomic E-state index is -0.268. The molecule has 3 aliphatic carbocycles. The molecule has 1 heterocycles. The number of rotatable bonds is 6. The summed E-state index contributed by atoms with van der Waals surface area (Å²) in [5, 5.41) is 14.2. The van der Waals surface area contributed by atoms with Crippen LogP contribution in [0.15, 0.2) is 18.3 Å². The van der Waals surface area contributed by atoms with Crippen molar-refractivity contribution < 1.29 is 14.7 Å². The summed E-state index contributed by atoms with van der Waals surface area (Å²) in [4.78, 5) is 33.3. The SMILES string of the molecule is Cc1cnc(NC(=O)CCC2CC(=O)C3(C)CCC4c5cc(CN(C)C)c(O)cc5CCC4C23)s1.